The zero-order valence-electron chi connectivity index (χ0n) is 11.3. The molecule has 0 bridgehead atoms. The molecule has 102 valence electrons. The summed E-state index contributed by atoms with van der Waals surface area (Å²) in [5.41, 5.74) is 4.52. The molecular formula is C15H15N3O2. The Hall–Kier alpha value is -2.69. The van der Waals surface area contributed by atoms with Gasteiger partial charge in [-0.2, -0.15) is 5.10 Å². The minimum Gasteiger partial charge on any atom is -0.507 e. The van der Waals surface area contributed by atoms with Crippen LogP contribution in [0.25, 0.3) is 0 Å². The predicted molar refractivity (Wildman–Crippen MR) is 76.8 cm³/mol. The number of aromatic hydroxyl groups is 1. The lowest BCUT2D eigenvalue weighted by atomic mass is 10.1. The van der Waals surface area contributed by atoms with Crippen molar-refractivity contribution in [1.29, 1.82) is 0 Å². The molecule has 1 amide bonds. The van der Waals surface area contributed by atoms with Gasteiger partial charge in [0.15, 0.2) is 0 Å². The highest BCUT2D eigenvalue weighted by molar-refractivity contribution is 6.00. The van der Waals surface area contributed by atoms with Crippen LogP contribution >= 0.6 is 0 Å². The number of benzene rings is 1. The summed E-state index contributed by atoms with van der Waals surface area (Å²) in [6.07, 6.45) is 1.66. The number of carbonyl (C=O) groups excluding carboxylic acids is 1. The molecule has 2 rings (SSSR count). The lowest BCUT2D eigenvalue weighted by molar-refractivity contribution is 0.0952. The number of rotatable bonds is 3. The van der Waals surface area contributed by atoms with E-state index in [1.807, 2.05) is 6.07 Å². The van der Waals surface area contributed by atoms with Crippen LogP contribution in [0.1, 0.15) is 28.5 Å². The van der Waals surface area contributed by atoms with Crippen molar-refractivity contribution in [2.45, 2.75) is 13.8 Å². The number of hydrogen-bond acceptors (Lipinski definition) is 4. The first kappa shape index (κ1) is 13.7. The van der Waals surface area contributed by atoms with Crippen molar-refractivity contribution in [3.8, 4) is 5.75 Å². The summed E-state index contributed by atoms with van der Waals surface area (Å²) in [5, 5.41) is 13.8. The fourth-order valence-electron chi connectivity index (χ4n) is 1.67. The molecule has 20 heavy (non-hydrogen) atoms. The first-order valence-corrected chi connectivity index (χ1v) is 6.14. The molecule has 1 heterocycles. The maximum Gasteiger partial charge on any atom is 0.275 e. The van der Waals surface area contributed by atoms with Gasteiger partial charge in [0, 0.05) is 6.20 Å². The van der Waals surface area contributed by atoms with Gasteiger partial charge in [0.2, 0.25) is 0 Å². The van der Waals surface area contributed by atoms with Crippen LogP contribution in [-0.2, 0) is 0 Å². The van der Waals surface area contributed by atoms with Gasteiger partial charge < -0.3 is 5.11 Å². The van der Waals surface area contributed by atoms with Crippen LogP contribution in [0.4, 0.5) is 0 Å². The Bertz CT molecular complexity index is 651. The Kier molecular flexibility index (Phi) is 4.10. The molecule has 2 N–H and O–H groups in total. The number of phenolic OH excluding ortho intramolecular Hbond substituents is 1. The number of phenols is 1. The summed E-state index contributed by atoms with van der Waals surface area (Å²) < 4.78 is 0. The number of amides is 1. The standard InChI is InChI=1S/C15H15N3O2/c1-10-6-5-7-12(14(10)19)15(20)18-17-11(2)13-8-3-4-9-16-13/h3-9,19H,1-2H3,(H,18,20)/b17-11-. The highest BCUT2D eigenvalue weighted by Gasteiger charge is 2.11. The highest BCUT2D eigenvalue weighted by Crippen LogP contribution is 2.20. The Labute approximate surface area is 117 Å². The fourth-order valence-corrected chi connectivity index (χ4v) is 1.67. The van der Waals surface area contributed by atoms with Gasteiger partial charge in [-0.15, -0.1) is 0 Å². The van der Waals surface area contributed by atoms with Crippen molar-refractivity contribution in [1.82, 2.24) is 10.4 Å². The van der Waals surface area contributed by atoms with Crippen molar-refractivity contribution >= 4 is 11.6 Å². The Morgan fingerprint density at radius 1 is 1.25 bits per heavy atom. The van der Waals surface area contributed by atoms with Gasteiger partial charge in [-0.3, -0.25) is 9.78 Å². The molecule has 1 aromatic carbocycles. The molecule has 0 radical (unpaired) electrons. The fraction of sp³-hybridized carbons (Fsp3) is 0.133. The van der Waals surface area contributed by atoms with E-state index >= 15 is 0 Å². The van der Waals surface area contributed by atoms with Gasteiger partial charge in [0.05, 0.1) is 17.0 Å². The lowest BCUT2D eigenvalue weighted by Gasteiger charge is -2.06. The summed E-state index contributed by atoms with van der Waals surface area (Å²) in [6, 6.07) is 10.4. The van der Waals surface area contributed by atoms with E-state index in [4.69, 9.17) is 0 Å². The number of pyridine rings is 1. The Morgan fingerprint density at radius 2 is 2.05 bits per heavy atom. The van der Waals surface area contributed by atoms with Crippen molar-refractivity contribution < 1.29 is 9.90 Å². The summed E-state index contributed by atoms with van der Waals surface area (Å²) >= 11 is 0. The van der Waals surface area contributed by atoms with Crippen molar-refractivity contribution in [2.24, 2.45) is 5.10 Å². The zero-order valence-corrected chi connectivity index (χ0v) is 11.3. The molecule has 0 spiro atoms. The molecule has 0 unspecified atom stereocenters. The van der Waals surface area contributed by atoms with Crippen LogP contribution in [0, 0.1) is 6.92 Å². The SMILES string of the molecule is C/C(=N/NC(=O)c1cccc(C)c1O)c1ccccn1. The minimum absolute atomic E-state index is 0.0318. The number of aryl methyl sites for hydroxylation is 1. The highest BCUT2D eigenvalue weighted by atomic mass is 16.3. The molecule has 0 fully saturated rings. The Morgan fingerprint density at radius 3 is 2.75 bits per heavy atom. The third kappa shape index (κ3) is 3.00. The van der Waals surface area contributed by atoms with E-state index in [9.17, 15) is 9.90 Å². The predicted octanol–water partition coefficient (Wildman–Crippen LogP) is 2.25. The van der Waals surface area contributed by atoms with Gasteiger partial charge >= 0.3 is 0 Å². The first-order chi connectivity index (χ1) is 9.59. The first-order valence-electron chi connectivity index (χ1n) is 6.14. The zero-order chi connectivity index (χ0) is 14.5. The quantitative estimate of drug-likeness (QED) is 0.663. The summed E-state index contributed by atoms with van der Waals surface area (Å²) in [7, 11) is 0. The maximum atomic E-state index is 12.0. The van der Waals surface area contributed by atoms with Gasteiger partial charge in [0.1, 0.15) is 5.75 Å². The monoisotopic (exact) mass is 269 g/mol. The molecule has 0 saturated heterocycles. The molecule has 0 atom stereocenters. The molecule has 0 aliphatic rings. The molecule has 0 aliphatic carbocycles. The smallest absolute Gasteiger partial charge is 0.275 e. The number of para-hydroxylation sites is 1. The average molecular weight is 269 g/mol. The van der Waals surface area contributed by atoms with E-state index in [0.29, 0.717) is 17.0 Å². The van der Waals surface area contributed by atoms with Crippen LogP contribution in [0.2, 0.25) is 0 Å². The van der Waals surface area contributed by atoms with Crippen molar-refractivity contribution in [3.05, 3.63) is 59.4 Å². The summed E-state index contributed by atoms with van der Waals surface area (Å²) in [4.78, 5) is 16.1. The van der Waals surface area contributed by atoms with Gasteiger partial charge in [0.25, 0.3) is 5.91 Å². The van der Waals surface area contributed by atoms with Crippen molar-refractivity contribution in [3.63, 3.8) is 0 Å². The van der Waals surface area contributed by atoms with E-state index < -0.39 is 5.91 Å². The number of hydrogen-bond donors (Lipinski definition) is 2. The molecule has 1 aromatic heterocycles. The lowest BCUT2D eigenvalue weighted by Crippen LogP contribution is -2.19. The van der Waals surface area contributed by atoms with Gasteiger partial charge in [-0.1, -0.05) is 18.2 Å². The molecule has 5 nitrogen and oxygen atoms in total. The number of nitrogens with zero attached hydrogens (tertiary/aromatic N) is 2. The molecule has 0 saturated carbocycles. The molecule has 2 aromatic rings. The molecular weight excluding hydrogens is 254 g/mol. The second-order valence-electron chi connectivity index (χ2n) is 4.32. The van der Waals surface area contributed by atoms with E-state index in [2.05, 4.69) is 15.5 Å². The van der Waals surface area contributed by atoms with Crippen LogP contribution in [0.5, 0.6) is 5.75 Å². The van der Waals surface area contributed by atoms with E-state index in [1.165, 1.54) is 0 Å². The van der Waals surface area contributed by atoms with Crippen LogP contribution in [0.15, 0.2) is 47.7 Å². The topological polar surface area (TPSA) is 74.6 Å². The van der Waals surface area contributed by atoms with Gasteiger partial charge in [-0.05, 0) is 37.6 Å². The molecule has 5 heteroatoms. The van der Waals surface area contributed by atoms with Crippen molar-refractivity contribution in [2.75, 3.05) is 0 Å². The minimum atomic E-state index is -0.457. The maximum absolute atomic E-state index is 12.0. The van der Waals surface area contributed by atoms with Crippen LogP contribution < -0.4 is 5.43 Å². The second-order valence-corrected chi connectivity index (χ2v) is 4.32. The summed E-state index contributed by atoms with van der Waals surface area (Å²) in [5.74, 6) is -0.489. The number of aromatic nitrogens is 1. The van der Waals surface area contributed by atoms with E-state index in [-0.39, 0.29) is 11.3 Å². The second kappa shape index (κ2) is 5.97. The number of nitrogens with one attached hydrogen (secondary N) is 1. The van der Waals surface area contributed by atoms with E-state index in [0.717, 1.165) is 0 Å². The third-order valence-electron chi connectivity index (χ3n) is 2.84. The summed E-state index contributed by atoms with van der Waals surface area (Å²) in [6.45, 7) is 3.48. The normalized spacial score (nSPS) is 11.2. The average Bonchev–Trinajstić information content (AvgIpc) is 2.48. The van der Waals surface area contributed by atoms with Crippen LogP contribution in [-0.4, -0.2) is 21.7 Å². The Balaban J connectivity index is 2.15. The molecule has 0 aliphatic heterocycles. The number of carbonyl (C=O) groups is 1. The van der Waals surface area contributed by atoms with Crippen LogP contribution in [0.3, 0.4) is 0 Å². The van der Waals surface area contributed by atoms with E-state index in [1.54, 1.807) is 50.4 Å². The number of hydrazone groups is 1. The van der Waals surface area contributed by atoms with Gasteiger partial charge in [-0.25, -0.2) is 5.43 Å². The largest absolute Gasteiger partial charge is 0.507 e. The third-order valence-corrected chi connectivity index (χ3v) is 2.84.